The lowest BCUT2D eigenvalue weighted by Crippen LogP contribution is -2.15. The highest BCUT2D eigenvalue weighted by atomic mass is 16.4. The quantitative estimate of drug-likeness (QED) is 0.806. The molecule has 1 fully saturated rings. The molecule has 1 heterocycles. The second-order valence-electron chi connectivity index (χ2n) is 4.04. The molecule has 2 N–H and O–H groups in total. The summed E-state index contributed by atoms with van der Waals surface area (Å²) >= 11 is 0. The van der Waals surface area contributed by atoms with Crippen LogP contribution in [0.2, 0.25) is 0 Å². The molecule has 0 spiro atoms. The molecule has 0 aromatic carbocycles. The molecule has 1 aliphatic carbocycles. The minimum Gasteiger partial charge on any atom is -0.477 e. The van der Waals surface area contributed by atoms with Gasteiger partial charge in [-0.2, -0.15) is 0 Å². The van der Waals surface area contributed by atoms with Crippen LogP contribution in [-0.4, -0.2) is 22.0 Å². The standard InChI is InChI=1S/C11H12N2O3/c1-6-4-8(6)10(14)13-7-2-3-12-9(5-7)11(15)16/h2-3,5-6,8H,4H2,1H3,(H,15,16)(H,12,13,14). The van der Waals surface area contributed by atoms with E-state index in [0.717, 1.165) is 6.42 Å². The first-order chi connectivity index (χ1) is 7.58. The molecule has 0 bridgehead atoms. The van der Waals surface area contributed by atoms with Gasteiger partial charge in [0.05, 0.1) is 0 Å². The number of rotatable bonds is 3. The molecule has 84 valence electrons. The van der Waals surface area contributed by atoms with Gasteiger partial charge in [-0.05, 0) is 24.5 Å². The molecule has 0 aliphatic heterocycles. The molecule has 1 saturated carbocycles. The van der Waals surface area contributed by atoms with Gasteiger partial charge >= 0.3 is 5.97 Å². The molecule has 5 heteroatoms. The molecule has 2 atom stereocenters. The molecular weight excluding hydrogens is 208 g/mol. The Morgan fingerprint density at radius 1 is 1.56 bits per heavy atom. The second kappa shape index (κ2) is 3.92. The first-order valence-electron chi connectivity index (χ1n) is 5.08. The molecule has 1 amide bonds. The van der Waals surface area contributed by atoms with E-state index in [-0.39, 0.29) is 17.5 Å². The third-order valence-electron chi connectivity index (χ3n) is 2.69. The highest BCUT2D eigenvalue weighted by molar-refractivity contribution is 5.95. The van der Waals surface area contributed by atoms with Gasteiger partial charge in [0.25, 0.3) is 0 Å². The molecule has 1 aromatic heterocycles. The summed E-state index contributed by atoms with van der Waals surface area (Å²) in [5.74, 6) is -0.645. The van der Waals surface area contributed by atoms with Crippen LogP contribution in [-0.2, 0) is 4.79 Å². The number of aromatic carboxylic acids is 1. The van der Waals surface area contributed by atoms with Crippen molar-refractivity contribution in [1.82, 2.24) is 4.98 Å². The Bertz CT molecular complexity index is 445. The molecule has 2 unspecified atom stereocenters. The fraction of sp³-hybridized carbons (Fsp3) is 0.364. The number of amides is 1. The van der Waals surface area contributed by atoms with Gasteiger partial charge in [-0.15, -0.1) is 0 Å². The third kappa shape index (κ3) is 2.18. The first kappa shape index (κ1) is 10.6. The van der Waals surface area contributed by atoms with Crippen LogP contribution in [0.5, 0.6) is 0 Å². The molecule has 16 heavy (non-hydrogen) atoms. The highest BCUT2D eigenvalue weighted by Gasteiger charge is 2.39. The fourth-order valence-electron chi connectivity index (χ4n) is 1.55. The van der Waals surface area contributed by atoms with E-state index in [1.165, 1.54) is 12.3 Å². The summed E-state index contributed by atoms with van der Waals surface area (Å²) in [6, 6.07) is 2.94. The van der Waals surface area contributed by atoms with Crippen molar-refractivity contribution in [1.29, 1.82) is 0 Å². The van der Waals surface area contributed by atoms with E-state index in [2.05, 4.69) is 10.3 Å². The number of aromatic nitrogens is 1. The van der Waals surface area contributed by atoms with Gasteiger partial charge in [-0.25, -0.2) is 9.78 Å². The number of pyridine rings is 1. The summed E-state index contributed by atoms with van der Waals surface area (Å²) in [5, 5.41) is 11.4. The van der Waals surface area contributed by atoms with Gasteiger partial charge in [0.15, 0.2) is 0 Å². The zero-order chi connectivity index (χ0) is 11.7. The van der Waals surface area contributed by atoms with E-state index < -0.39 is 5.97 Å². The Kier molecular flexibility index (Phi) is 2.60. The Balaban J connectivity index is 2.06. The lowest BCUT2D eigenvalue weighted by Gasteiger charge is -2.04. The molecule has 2 rings (SSSR count). The number of carboxylic acids is 1. The van der Waals surface area contributed by atoms with E-state index in [1.807, 2.05) is 6.92 Å². The number of hydrogen-bond acceptors (Lipinski definition) is 3. The monoisotopic (exact) mass is 220 g/mol. The van der Waals surface area contributed by atoms with Crippen molar-refractivity contribution in [3.05, 3.63) is 24.0 Å². The van der Waals surface area contributed by atoms with E-state index in [4.69, 9.17) is 5.11 Å². The number of nitrogens with one attached hydrogen (secondary N) is 1. The van der Waals surface area contributed by atoms with E-state index >= 15 is 0 Å². The van der Waals surface area contributed by atoms with Crippen molar-refractivity contribution in [3.63, 3.8) is 0 Å². The normalized spacial score (nSPS) is 22.6. The number of carbonyl (C=O) groups is 2. The summed E-state index contributed by atoms with van der Waals surface area (Å²) < 4.78 is 0. The fourth-order valence-corrected chi connectivity index (χ4v) is 1.55. The van der Waals surface area contributed by atoms with Gasteiger partial charge < -0.3 is 10.4 Å². The minimum atomic E-state index is -1.10. The Morgan fingerprint density at radius 3 is 2.81 bits per heavy atom. The number of anilines is 1. The van der Waals surface area contributed by atoms with Crippen LogP contribution in [0, 0.1) is 11.8 Å². The number of hydrogen-bond donors (Lipinski definition) is 2. The summed E-state index contributed by atoms with van der Waals surface area (Å²) in [6.07, 6.45) is 2.28. The van der Waals surface area contributed by atoms with Crippen molar-refractivity contribution >= 4 is 17.6 Å². The molecule has 1 aliphatic rings. The lowest BCUT2D eigenvalue weighted by molar-refractivity contribution is -0.117. The van der Waals surface area contributed by atoms with Crippen LogP contribution in [0.15, 0.2) is 18.3 Å². The number of carbonyl (C=O) groups excluding carboxylic acids is 1. The predicted octanol–water partition coefficient (Wildman–Crippen LogP) is 1.37. The van der Waals surface area contributed by atoms with Gasteiger partial charge in [-0.1, -0.05) is 6.92 Å². The molecule has 5 nitrogen and oxygen atoms in total. The summed E-state index contributed by atoms with van der Waals surface area (Å²) in [5.41, 5.74) is 0.415. The molecule has 0 saturated heterocycles. The smallest absolute Gasteiger partial charge is 0.354 e. The Morgan fingerprint density at radius 2 is 2.25 bits per heavy atom. The maximum absolute atomic E-state index is 11.6. The van der Waals surface area contributed by atoms with Gasteiger partial charge in [0, 0.05) is 17.8 Å². The van der Waals surface area contributed by atoms with Crippen molar-refractivity contribution in [2.24, 2.45) is 11.8 Å². The van der Waals surface area contributed by atoms with Crippen molar-refractivity contribution in [3.8, 4) is 0 Å². The zero-order valence-corrected chi connectivity index (χ0v) is 8.80. The number of nitrogens with zero attached hydrogens (tertiary/aromatic N) is 1. The van der Waals surface area contributed by atoms with Gasteiger partial charge in [0.2, 0.25) is 5.91 Å². The highest BCUT2D eigenvalue weighted by Crippen LogP contribution is 2.38. The summed E-state index contributed by atoms with van der Waals surface area (Å²) in [4.78, 5) is 25.9. The minimum absolute atomic E-state index is 0.0463. The lowest BCUT2D eigenvalue weighted by atomic mass is 10.3. The maximum atomic E-state index is 11.6. The van der Waals surface area contributed by atoms with Crippen molar-refractivity contribution in [2.45, 2.75) is 13.3 Å². The van der Waals surface area contributed by atoms with E-state index in [1.54, 1.807) is 6.07 Å². The topological polar surface area (TPSA) is 79.3 Å². The molecular formula is C11H12N2O3. The zero-order valence-electron chi connectivity index (χ0n) is 8.80. The second-order valence-corrected chi connectivity index (χ2v) is 4.04. The van der Waals surface area contributed by atoms with Crippen molar-refractivity contribution in [2.75, 3.05) is 5.32 Å². The average Bonchev–Trinajstić information content (AvgIpc) is 2.96. The van der Waals surface area contributed by atoms with Crippen LogP contribution >= 0.6 is 0 Å². The van der Waals surface area contributed by atoms with Crippen molar-refractivity contribution < 1.29 is 14.7 Å². The summed E-state index contributed by atoms with van der Waals surface area (Å²) in [7, 11) is 0. The van der Waals surface area contributed by atoms with E-state index in [0.29, 0.717) is 11.6 Å². The first-order valence-corrected chi connectivity index (χ1v) is 5.08. The van der Waals surface area contributed by atoms with Crippen LogP contribution in [0.3, 0.4) is 0 Å². The third-order valence-corrected chi connectivity index (χ3v) is 2.69. The summed E-state index contributed by atoms with van der Waals surface area (Å²) in [6.45, 7) is 2.01. The molecule has 1 aromatic rings. The van der Waals surface area contributed by atoms with Crippen LogP contribution in [0.25, 0.3) is 0 Å². The van der Waals surface area contributed by atoms with Crippen LogP contribution in [0.4, 0.5) is 5.69 Å². The Labute approximate surface area is 92.5 Å². The largest absolute Gasteiger partial charge is 0.477 e. The SMILES string of the molecule is CC1CC1C(=O)Nc1ccnc(C(=O)O)c1. The number of carboxylic acid groups (broad SMARTS) is 1. The average molecular weight is 220 g/mol. The predicted molar refractivity (Wildman–Crippen MR) is 57.1 cm³/mol. The van der Waals surface area contributed by atoms with Gasteiger partial charge in [-0.3, -0.25) is 4.79 Å². The van der Waals surface area contributed by atoms with Crippen LogP contribution < -0.4 is 5.32 Å². The maximum Gasteiger partial charge on any atom is 0.354 e. The van der Waals surface area contributed by atoms with Crippen LogP contribution in [0.1, 0.15) is 23.8 Å². The van der Waals surface area contributed by atoms with Gasteiger partial charge in [0.1, 0.15) is 5.69 Å². The van der Waals surface area contributed by atoms with E-state index in [9.17, 15) is 9.59 Å². The molecule has 0 radical (unpaired) electrons. The Hall–Kier alpha value is -1.91.